The highest BCUT2D eigenvalue weighted by atomic mass is 35.5. The lowest BCUT2D eigenvalue weighted by Gasteiger charge is -2.28. The first-order valence-corrected chi connectivity index (χ1v) is 9.45. The molecule has 160 valence electrons. The fourth-order valence-electron chi connectivity index (χ4n) is 2.97. The Hall–Kier alpha value is -3.38. The average Bonchev–Trinajstić information content (AvgIpc) is 2.67. The van der Waals surface area contributed by atoms with Crippen molar-refractivity contribution in [3.8, 4) is 17.6 Å². The van der Waals surface area contributed by atoms with E-state index in [1.165, 1.54) is 12.1 Å². The Morgan fingerprint density at radius 3 is 2.47 bits per heavy atom. The lowest BCUT2D eigenvalue weighted by atomic mass is 9.83. The van der Waals surface area contributed by atoms with E-state index in [1.807, 2.05) is 6.07 Å². The van der Waals surface area contributed by atoms with E-state index in [2.05, 4.69) is 0 Å². The molecular weight excluding hydrogens is 414 g/mol. The normalized spacial score (nSPS) is 15.9. The van der Waals surface area contributed by atoms with E-state index in [9.17, 15) is 14.9 Å². The van der Waals surface area contributed by atoms with Crippen molar-refractivity contribution in [1.29, 1.82) is 5.26 Å². The number of amides is 1. The third kappa shape index (κ3) is 4.78. The molecule has 0 bridgehead atoms. The summed E-state index contributed by atoms with van der Waals surface area (Å²) in [5, 5.41) is 9.83. The summed E-state index contributed by atoms with van der Waals surface area (Å²) in [7, 11) is 0. The molecule has 1 aliphatic heterocycles. The number of nitrogens with two attached hydrogens (primary N) is 2. The van der Waals surface area contributed by atoms with Crippen molar-refractivity contribution in [2.24, 2.45) is 11.5 Å². The molecule has 0 spiro atoms. The van der Waals surface area contributed by atoms with Gasteiger partial charge in [0.15, 0.2) is 18.1 Å². The van der Waals surface area contributed by atoms with Gasteiger partial charge in [-0.1, -0.05) is 11.6 Å². The molecule has 2 rings (SSSR count). The van der Waals surface area contributed by atoms with Crippen molar-refractivity contribution < 1.29 is 28.5 Å². The maximum Gasteiger partial charge on any atom is 0.338 e. The molecular formula is C20H22ClN3O6. The number of nitriles is 1. The number of esters is 1. The Kier molecular flexibility index (Phi) is 7.55. The van der Waals surface area contributed by atoms with Gasteiger partial charge in [0.25, 0.3) is 5.91 Å². The summed E-state index contributed by atoms with van der Waals surface area (Å²) in [4.78, 5) is 23.7. The number of carbonyl (C=O) groups is 2. The largest absolute Gasteiger partial charge is 0.490 e. The predicted octanol–water partition coefficient (Wildman–Crippen LogP) is 2.25. The molecule has 1 amide bonds. The molecule has 30 heavy (non-hydrogen) atoms. The zero-order chi connectivity index (χ0) is 22.4. The molecule has 0 aliphatic carbocycles. The van der Waals surface area contributed by atoms with Gasteiger partial charge in [-0.25, -0.2) is 4.79 Å². The zero-order valence-electron chi connectivity index (χ0n) is 16.8. The molecule has 10 heteroatoms. The van der Waals surface area contributed by atoms with E-state index in [1.54, 1.807) is 20.8 Å². The fraction of sp³-hybridized carbons (Fsp3) is 0.350. The van der Waals surface area contributed by atoms with Crippen LogP contribution in [0.1, 0.15) is 32.3 Å². The Balaban J connectivity index is 2.68. The van der Waals surface area contributed by atoms with Crippen molar-refractivity contribution in [2.75, 3.05) is 19.8 Å². The summed E-state index contributed by atoms with van der Waals surface area (Å²) in [5.41, 5.74) is 11.5. The molecule has 1 unspecified atom stereocenters. The van der Waals surface area contributed by atoms with Crippen molar-refractivity contribution >= 4 is 23.5 Å². The molecule has 1 aliphatic rings. The van der Waals surface area contributed by atoms with Crippen LogP contribution in [0.25, 0.3) is 0 Å². The number of hydrogen-bond acceptors (Lipinski definition) is 8. The number of nitrogens with zero attached hydrogens (tertiary/aromatic N) is 1. The van der Waals surface area contributed by atoms with Crippen LogP contribution in [-0.4, -0.2) is 31.7 Å². The van der Waals surface area contributed by atoms with E-state index in [4.69, 9.17) is 42.0 Å². The first-order chi connectivity index (χ1) is 14.2. The van der Waals surface area contributed by atoms with E-state index < -0.39 is 17.8 Å². The Morgan fingerprint density at radius 2 is 1.90 bits per heavy atom. The molecule has 0 saturated carbocycles. The van der Waals surface area contributed by atoms with Crippen molar-refractivity contribution in [2.45, 2.75) is 26.7 Å². The molecule has 1 aromatic carbocycles. The monoisotopic (exact) mass is 435 g/mol. The zero-order valence-corrected chi connectivity index (χ0v) is 17.5. The second-order valence-electron chi connectivity index (χ2n) is 6.12. The number of hydrogen-bond donors (Lipinski definition) is 2. The summed E-state index contributed by atoms with van der Waals surface area (Å²) in [6, 6.07) is 4.92. The molecule has 1 heterocycles. The summed E-state index contributed by atoms with van der Waals surface area (Å²) in [5.74, 6) is -1.79. The number of allylic oxidation sites excluding steroid dienone is 2. The minimum atomic E-state index is -0.945. The third-order valence-electron chi connectivity index (χ3n) is 4.14. The minimum absolute atomic E-state index is 0.00111. The quantitative estimate of drug-likeness (QED) is 0.591. The summed E-state index contributed by atoms with van der Waals surface area (Å²) in [6.45, 7) is 4.99. The highest BCUT2D eigenvalue weighted by Crippen LogP contribution is 2.45. The van der Waals surface area contributed by atoms with Gasteiger partial charge < -0.3 is 30.4 Å². The maximum absolute atomic E-state index is 12.6. The standard InChI is InChI=1S/C20H22ClN3O6/c1-4-27-14-6-11(13(21)7-15(14)29-9-16(23)25)18-12(8-22)19(24)30-10(3)17(18)20(26)28-5-2/h6-7,18H,4-5,9,24H2,1-3H3,(H2,23,25). The van der Waals surface area contributed by atoms with Crippen molar-refractivity contribution in [1.82, 2.24) is 0 Å². The molecule has 0 radical (unpaired) electrons. The van der Waals surface area contributed by atoms with Gasteiger partial charge in [-0.3, -0.25) is 4.79 Å². The number of halogens is 1. The van der Waals surface area contributed by atoms with E-state index >= 15 is 0 Å². The second-order valence-corrected chi connectivity index (χ2v) is 6.53. The van der Waals surface area contributed by atoms with Crippen LogP contribution in [0.15, 0.2) is 34.9 Å². The maximum atomic E-state index is 12.6. The molecule has 0 saturated heterocycles. The molecule has 4 N–H and O–H groups in total. The highest BCUT2D eigenvalue weighted by molar-refractivity contribution is 6.31. The first-order valence-electron chi connectivity index (χ1n) is 9.07. The summed E-state index contributed by atoms with van der Waals surface area (Å²) < 4.78 is 21.5. The van der Waals surface area contributed by atoms with Gasteiger partial charge in [-0.05, 0) is 32.4 Å². The van der Waals surface area contributed by atoms with Gasteiger partial charge in [0.1, 0.15) is 17.4 Å². The smallest absolute Gasteiger partial charge is 0.338 e. The van der Waals surface area contributed by atoms with Gasteiger partial charge in [0.2, 0.25) is 5.88 Å². The second kappa shape index (κ2) is 9.89. The van der Waals surface area contributed by atoms with Crippen LogP contribution in [0.5, 0.6) is 11.5 Å². The van der Waals surface area contributed by atoms with Crippen LogP contribution in [0.2, 0.25) is 5.02 Å². The van der Waals surface area contributed by atoms with Crippen LogP contribution < -0.4 is 20.9 Å². The lowest BCUT2D eigenvalue weighted by Crippen LogP contribution is -2.26. The number of primary amides is 1. The molecule has 9 nitrogen and oxygen atoms in total. The van der Waals surface area contributed by atoms with Crippen molar-refractivity contribution in [3.05, 3.63) is 45.5 Å². The Morgan fingerprint density at radius 1 is 1.23 bits per heavy atom. The lowest BCUT2D eigenvalue weighted by molar-refractivity contribution is -0.139. The van der Waals surface area contributed by atoms with E-state index in [0.717, 1.165) is 0 Å². The van der Waals surface area contributed by atoms with Crippen LogP contribution >= 0.6 is 11.6 Å². The average molecular weight is 436 g/mol. The fourth-order valence-corrected chi connectivity index (χ4v) is 3.23. The number of benzene rings is 1. The Labute approximate surface area is 178 Å². The molecule has 0 aromatic heterocycles. The highest BCUT2D eigenvalue weighted by Gasteiger charge is 2.38. The molecule has 0 fully saturated rings. The SMILES string of the molecule is CCOC(=O)C1=C(C)OC(N)=C(C#N)C1c1cc(OCC)c(OCC(N)=O)cc1Cl. The van der Waals surface area contributed by atoms with Gasteiger partial charge in [0.05, 0.1) is 24.7 Å². The van der Waals surface area contributed by atoms with Crippen LogP contribution in [0, 0.1) is 11.3 Å². The van der Waals surface area contributed by atoms with Crippen LogP contribution in [-0.2, 0) is 19.1 Å². The third-order valence-corrected chi connectivity index (χ3v) is 4.47. The summed E-state index contributed by atoms with van der Waals surface area (Å²) in [6.07, 6.45) is 0. The number of ether oxygens (including phenoxy) is 4. The number of carbonyl (C=O) groups excluding carboxylic acids is 2. The summed E-state index contributed by atoms with van der Waals surface area (Å²) >= 11 is 6.47. The first kappa shape index (κ1) is 22.9. The van der Waals surface area contributed by atoms with E-state index in [0.29, 0.717) is 5.56 Å². The van der Waals surface area contributed by atoms with Gasteiger partial charge in [-0.15, -0.1) is 0 Å². The minimum Gasteiger partial charge on any atom is -0.490 e. The van der Waals surface area contributed by atoms with Crippen LogP contribution in [0.3, 0.4) is 0 Å². The van der Waals surface area contributed by atoms with Crippen LogP contribution in [0.4, 0.5) is 0 Å². The predicted molar refractivity (Wildman–Crippen MR) is 107 cm³/mol. The topological polar surface area (TPSA) is 147 Å². The van der Waals surface area contributed by atoms with Gasteiger partial charge >= 0.3 is 5.97 Å². The number of rotatable bonds is 8. The van der Waals surface area contributed by atoms with Gasteiger partial charge in [0, 0.05) is 11.1 Å². The molecule has 1 aromatic rings. The van der Waals surface area contributed by atoms with Gasteiger partial charge in [-0.2, -0.15) is 5.26 Å². The molecule has 1 atom stereocenters. The van der Waals surface area contributed by atoms with E-state index in [-0.39, 0.29) is 59.1 Å². The van der Waals surface area contributed by atoms with Crippen molar-refractivity contribution in [3.63, 3.8) is 0 Å². The Bertz CT molecular complexity index is 964.